The van der Waals surface area contributed by atoms with Gasteiger partial charge in [0, 0.05) is 49.6 Å². The predicted molar refractivity (Wildman–Crippen MR) is 153 cm³/mol. The van der Waals surface area contributed by atoms with Crippen molar-refractivity contribution in [3.8, 4) is 11.6 Å². The zero-order chi connectivity index (χ0) is 29.4. The number of ether oxygens (including phenoxy) is 1. The molecule has 3 N–H and O–H groups in total. The maximum Gasteiger partial charge on any atom is 0.262 e. The second-order valence-corrected chi connectivity index (χ2v) is 9.94. The third kappa shape index (κ3) is 5.04. The molecule has 0 spiro atoms. The summed E-state index contributed by atoms with van der Waals surface area (Å²) >= 11 is 0. The van der Waals surface area contributed by atoms with Gasteiger partial charge in [-0.25, -0.2) is 18.7 Å². The number of nitrogens with one attached hydrogen (secondary N) is 3. The molecule has 0 fully saturated rings. The van der Waals surface area contributed by atoms with Gasteiger partial charge in [-0.05, 0) is 44.0 Å². The molecule has 0 saturated heterocycles. The summed E-state index contributed by atoms with van der Waals surface area (Å²) in [5.74, 6) is -1.90. The van der Waals surface area contributed by atoms with Crippen LogP contribution in [-0.4, -0.2) is 55.2 Å². The van der Waals surface area contributed by atoms with Crippen LogP contribution in [0.1, 0.15) is 47.4 Å². The summed E-state index contributed by atoms with van der Waals surface area (Å²) in [7, 11) is 1.61. The summed E-state index contributed by atoms with van der Waals surface area (Å²) in [5, 5.41) is 7.63. The third-order valence-corrected chi connectivity index (χ3v) is 7.14. The van der Waals surface area contributed by atoms with Crippen molar-refractivity contribution in [3.63, 3.8) is 0 Å². The van der Waals surface area contributed by atoms with Crippen LogP contribution in [0.3, 0.4) is 0 Å². The number of rotatable bonds is 6. The molecule has 2 aromatic carbocycles. The number of hydrazone groups is 1. The van der Waals surface area contributed by atoms with E-state index in [1.165, 1.54) is 17.3 Å². The van der Waals surface area contributed by atoms with Crippen molar-refractivity contribution in [2.45, 2.75) is 32.7 Å². The molecular formula is C29H27F2N9O2. The normalized spacial score (nSPS) is 14.9. The number of aryl methyl sites for hydroxylation is 1. The number of fused-ring (bicyclic) bond motifs is 2. The lowest BCUT2D eigenvalue weighted by atomic mass is 10.0. The van der Waals surface area contributed by atoms with E-state index >= 15 is 4.39 Å². The average molecular weight is 572 g/mol. The van der Waals surface area contributed by atoms with E-state index in [1.54, 1.807) is 33.3 Å². The summed E-state index contributed by atoms with van der Waals surface area (Å²) in [6.45, 7) is 3.88. The second kappa shape index (κ2) is 11.0. The van der Waals surface area contributed by atoms with Gasteiger partial charge < -0.3 is 25.4 Å². The average Bonchev–Trinajstić information content (AvgIpc) is 3.41. The van der Waals surface area contributed by atoms with Crippen molar-refractivity contribution < 1.29 is 18.3 Å². The molecule has 1 atom stereocenters. The van der Waals surface area contributed by atoms with Crippen LogP contribution in [0.25, 0.3) is 21.9 Å². The van der Waals surface area contributed by atoms with Crippen molar-refractivity contribution in [3.05, 3.63) is 77.5 Å². The molecule has 1 unspecified atom stereocenters. The molecule has 5 aromatic rings. The molecule has 0 aliphatic carbocycles. The zero-order valence-corrected chi connectivity index (χ0v) is 23.1. The number of hydrogen-bond donors (Lipinski definition) is 3. The zero-order valence-electron chi connectivity index (χ0n) is 23.1. The van der Waals surface area contributed by atoms with Crippen LogP contribution in [0.5, 0.6) is 11.6 Å². The quantitative estimate of drug-likeness (QED) is 0.253. The fraction of sp³-hybridized carbons (Fsp3) is 0.241. The first-order valence-corrected chi connectivity index (χ1v) is 13.4. The number of halogens is 2. The summed E-state index contributed by atoms with van der Waals surface area (Å²) < 4.78 is 35.9. The topological polar surface area (TPSA) is 133 Å². The minimum absolute atomic E-state index is 0.0298. The van der Waals surface area contributed by atoms with E-state index in [0.29, 0.717) is 30.9 Å². The smallest absolute Gasteiger partial charge is 0.262 e. The predicted octanol–water partition coefficient (Wildman–Crippen LogP) is 5.22. The Bertz CT molecular complexity index is 1860. The standard InChI is InChI=1S/C29H27F2N9O2/c1-4-40(3)29(41)24-27(34-14-35-28(24)42-22-13-18(30)26-17(25(22)31)11-15(2)36-26)37-23-8-7-19(38-39-23)16-5-6-20-21(12-16)33-10-9-32-20/h5-6,9-14,19,36,38H,4,7-8H2,1-3H3,(H,34,35,37,39). The first kappa shape index (κ1) is 27.0. The number of amides is 1. The highest BCUT2D eigenvalue weighted by atomic mass is 19.1. The fourth-order valence-corrected chi connectivity index (χ4v) is 4.80. The molecule has 0 saturated carbocycles. The van der Waals surface area contributed by atoms with E-state index in [4.69, 9.17) is 4.74 Å². The van der Waals surface area contributed by atoms with Gasteiger partial charge in [0.25, 0.3) is 5.91 Å². The summed E-state index contributed by atoms with van der Waals surface area (Å²) in [6, 6.07) is 8.25. The molecule has 1 amide bonds. The largest absolute Gasteiger partial charge is 0.435 e. The highest BCUT2D eigenvalue weighted by molar-refractivity contribution is 6.05. The van der Waals surface area contributed by atoms with Crippen LogP contribution in [0, 0.1) is 18.6 Å². The van der Waals surface area contributed by atoms with Crippen molar-refractivity contribution >= 4 is 39.5 Å². The van der Waals surface area contributed by atoms with Gasteiger partial charge in [-0.1, -0.05) is 6.07 Å². The van der Waals surface area contributed by atoms with Crippen LogP contribution < -0.4 is 15.5 Å². The molecule has 4 heterocycles. The number of aromatic nitrogens is 5. The fourth-order valence-electron chi connectivity index (χ4n) is 4.80. The number of carbonyl (C=O) groups is 1. The van der Waals surface area contributed by atoms with Crippen LogP contribution >= 0.6 is 0 Å². The molecule has 6 rings (SSSR count). The van der Waals surface area contributed by atoms with Crippen molar-refractivity contribution in [1.29, 1.82) is 0 Å². The Labute approximate surface area is 239 Å². The first-order chi connectivity index (χ1) is 20.3. The number of aromatic amines is 1. The van der Waals surface area contributed by atoms with Gasteiger partial charge in [0.15, 0.2) is 23.2 Å². The Kier molecular flexibility index (Phi) is 7.07. The maximum absolute atomic E-state index is 15.3. The van der Waals surface area contributed by atoms with Gasteiger partial charge in [0.2, 0.25) is 5.88 Å². The van der Waals surface area contributed by atoms with Crippen LogP contribution in [-0.2, 0) is 0 Å². The SMILES string of the molecule is CCN(C)C(=O)c1c(NC2=NNC(c3ccc4nccnc4c3)CC2)ncnc1Oc1cc(F)c2[nH]c(C)cc2c1F. The lowest BCUT2D eigenvalue weighted by Gasteiger charge is -2.24. The van der Waals surface area contributed by atoms with Gasteiger partial charge in [-0.2, -0.15) is 5.10 Å². The second-order valence-electron chi connectivity index (χ2n) is 9.94. The van der Waals surface area contributed by atoms with Crippen LogP contribution in [0.15, 0.2) is 54.2 Å². The highest BCUT2D eigenvalue weighted by Gasteiger charge is 2.27. The number of H-pyrrole nitrogens is 1. The van der Waals surface area contributed by atoms with Gasteiger partial charge in [-0.15, -0.1) is 0 Å². The highest BCUT2D eigenvalue weighted by Crippen LogP contribution is 2.35. The maximum atomic E-state index is 15.3. The lowest BCUT2D eigenvalue weighted by molar-refractivity contribution is 0.0799. The van der Waals surface area contributed by atoms with E-state index in [0.717, 1.165) is 22.7 Å². The number of amidine groups is 1. The van der Waals surface area contributed by atoms with E-state index in [2.05, 4.69) is 40.8 Å². The first-order valence-electron chi connectivity index (χ1n) is 13.4. The number of carbonyl (C=O) groups excluding carboxylic acids is 1. The van der Waals surface area contributed by atoms with E-state index in [-0.39, 0.29) is 34.2 Å². The monoisotopic (exact) mass is 571 g/mol. The molecule has 0 radical (unpaired) electrons. The Balaban J connectivity index is 1.29. The molecule has 1 aliphatic rings. The lowest BCUT2D eigenvalue weighted by Crippen LogP contribution is -2.31. The summed E-state index contributed by atoms with van der Waals surface area (Å²) in [6.07, 6.45) is 5.73. The molecule has 3 aromatic heterocycles. The Hall–Kier alpha value is -5.20. The van der Waals surface area contributed by atoms with E-state index in [1.807, 2.05) is 18.2 Å². The number of nitrogens with zero attached hydrogens (tertiary/aromatic N) is 6. The van der Waals surface area contributed by atoms with E-state index in [9.17, 15) is 9.18 Å². The molecule has 42 heavy (non-hydrogen) atoms. The van der Waals surface area contributed by atoms with Crippen molar-refractivity contribution in [2.24, 2.45) is 5.10 Å². The van der Waals surface area contributed by atoms with Gasteiger partial charge in [0.05, 0.1) is 22.6 Å². The molecular weight excluding hydrogens is 544 g/mol. The molecule has 0 bridgehead atoms. The minimum Gasteiger partial charge on any atom is -0.435 e. The van der Waals surface area contributed by atoms with Crippen LogP contribution in [0.2, 0.25) is 0 Å². The number of anilines is 1. The van der Waals surface area contributed by atoms with Gasteiger partial charge in [-0.3, -0.25) is 14.8 Å². The molecule has 214 valence electrons. The van der Waals surface area contributed by atoms with Crippen molar-refractivity contribution in [2.75, 3.05) is 18.9 Å². The van der Waals surface area contributed by atoms with Gasteiger partial charge >= 0.3 is 0 Å². The number of hydrogen-bond acceptors (Lipinski definition) is 9. The van der Waals surface area contributed by atoms with E-state index < -0.39 is 23.3 Å². The Morgan fingerprint density at radius 1 is 1.12 bits per heavy atom. The van der Waals surface area contributed by atoms with Crippen LogP contribution in [0.4, 0.5) is 14.6 Å². The molecule has 13 heteroatoms. The third-order valence-electron chi connectivity index (χ3n) is 7.14. The van der Waals surface area contributed by atoms with Crippen molar-refractivity contribution in [1.82, 2.24) is 35.2 Å². The molecule has 11 nitrogen and oxygen atoms in total. The summed E-state index contributed by atoms with van der Waals surface area (Å²) in [4.78, 5) is 34.7. The molecule has 1 aliphatic heterocycles. The Morgan fingerprint density at radius 3 is 2.69 bits per heavy atom. The number of benzene rings is 2. The summed E-state index contributed by atoms with van der Waals surface area (Å²) in [5.41, 5.74) is 6.36. The minimum atomic E-state index is -0.780. The van der Waals surface area contributed by atoms with Gasteiger partial charge in [0.1, 0.15) is 17.7 Å². The Morgan fingerprint density at radius 2 is 1.93 bits per heavy atom.